The maximum absolute atomic E-state index is 13.7. The summed E-state index contributed by atoms with van der Waals surface area (Å²) in [4.78, 5) is 12.2. The lowest BCUT2D eigenvalue weighted by molar-refractivity contribution is -0.137. The second-order valence-electron chi connectivity index (χ2n) is 8.67. The standard InChI is InChI=1S/C26H19F3N6O/c27-26(28,29)21-11-4-3-10-20(21)24-33-32-23-19-9-2-1-8-18(19)22(34-35(23)24)30-16-6-5-7-17(14-16)31-25(36)15-12-13-15/h1-11,14-15H,12-13H2,(H,30,34)(H,31,36). The molecule has 1 fully saturated rings. The van der Waals surface area contributed by atoms with E-state index in [1.54, 1.807) is 18.2 Å². The zero-order valence-electron chi connectivity index (χ0n) is 18.8. The Morgan fingerprint density at radius 3 is 2.39 bits per heavy atom. The van der Waals surface area contributed by atoms with E-state index in [1.807, 2.05) is 30.3 Å². The molecule has 0 bridgehead atoms. The van der Waals surface area contributed by atoms with Crippen LogP contribution in [0.4, 0.5) is 30.4 Å². The van der Waals surface area contributed by atoms with Crippen molar-refractivity contribution in [2.24, 2.45) is 5.92 Å². The molecule has 0 spiro atoms. The average Bonchev–Trinajstić information content (AvgIpc) is 3.64. The summed E-state index contributed by atoms with van der Waals surface area (Å²) in [5, 5.41) is 20.4. The first kappa shape index (κ1) is 22.0. The molecular weight excluding hydrogens is 469 g/mol. The van der Waals surface area contributed by atoms with Gasteiger partial charge in [0.05, 0.1) is 5.56 Å². The molecule has 0 saturated heterocycles. The Hall–Kier alpha value is -4.47. The molecular formula is C26H19F3N6O. The van der Waals surface area contributed by atoms with E-state index >= 15 is 0 Å². The third-order valence-electron chi connectivity index (χ3n) is 6.08. The summed E-state index contributed by atoms with van der Waals surface area (Å²) < 4.78 is 42.5. The fourth-order valence-electron chi connectivity index (χ4n) is 4.17. The minimum absolute atomic E-state index is 0.00499. The highest BCUT2D eigenvalue weighted by atomic mass is 19.4. The van der Waals surface area contributed by atoms with E-state index in [-0.39, 0.29) is 23.2 Å². The van der Waals surface area contributed by atoms with Gasteiger partial charge in [-0.1, -0.05) is 48.5 Å². The Morgan fingerprint density at radius 2 is 1.61 bits per heavy atom. The Labute approximate surface area is 203 Å². The number of aromatic nitrogens is 4. The number of rotatable bonds is 5. The molecule has 6 rings (SSSR count). The lowest BCUT2D eigenvalue weighted by atomic mass is 10.1. The zero-order chi connectivity index (χ0) is 24.9. The van der Waals surface area contributed by atoms with E-state index in [1.165, 1.54) is 22.7 Å². The van der Waals surface area contributed by atoms with Gasteiger partial charge in [0.2, 0.25) is 5.91 Å². The number of nitrogens with zero attached hydrogens (tertiary/aromatic N) is 4. The normalized spacial score (nSPS) is 13.8. The van der Waals surface area contributed by atoms with Crippen molar-refractivity contribution in [1.29, 1.82) is 0 Å². The van der Waals surface area contributed by atoms with Crippen LogP contribution in [0, 0.1) is 5.92 Å². The number of carbonyl (C=O) groups excluding carboxylic acids is 1. The smallest absolute Gasteiger partial charge is 0.338 e. The van der Waals surface area contributed by atoms with Gasteiger partial charge in [-0.15, -0.1) is 15.3 Å². The van der Waals surface area contributed by atoms with Gasteiger partial charge in [0.1, 0.15) is 0 Å². The topological polar surface area (TPSA) is 84.2 Å². The SMILES string of the molecule is O=C(Nc1cccc(Nc2nn3c(-c4ccccc4C(F)(F)F)nnc3c3ccccc23)c1)C1CC1. The summed E-state index contributed by atoms with van der Waals surface area (Å²) in [6, 6.07) is 19.8. The predicted molar refractivity (Wildman–Crippen MR) is 130 cm³/mol. The molecule has 0 aliphatic heterocycles. The molecule has 1 aliphatic carbocycles. The summed E-state index contributed by atoms with van der Waals surface area (Å²) in [5.41, 5.74) is 0.713. The van der Waals surface area contributed by atoms with E-state index in [2.05, 4.69) is 25.9 Å². The third-order valence-corrected chi connectivity index (χ3v) is 6.08. The van der Waals surface area contributed by atoms with Crippen LogP contribution in [0.25, 0.3) is 27.8 Å². The number of amides is 1. The van der Waals surface area contributed by atoms with Crippen LogP contribution in [-0.4, -0.2) is 25.7 Å². The number of halogens is 3. The van der Waals surface area contributed by atoms with E-state index in [0.29, 0.717) is 28.2 Å². The van der Waals surface area contributed by atoms with Crippen LogP contribution in [0.3, 0.4) is 0 Å². The maximum atomic E-state index is 13.7. The first-order chi connectivity index (χ1) is 17.4. The van der Waals surface area contributed by atoms with Crippen molar-refractivity contribution >= 4 is 39.5 Å². The van der Waals surface area contributed by atoms with Crippen molar-refractivity contribution in [2.45, 2.75) is 19.0 Å². The van der Waals surface area contributed by atoms with Gasteiger partial charge in [0.15, 0.2) is 17.3 Å². The molecule has 1 aliphatic rings. The molecule has 7 nitrogen and oxygen atoms in total. The number of hydrogen-bond acceptors (Lipinski definition) is 5. The summed E-state index contributed by atoms with van der Waals surface area (Å²) in [6.45, 7) is 0. The highest BCUT2D eigenvalue weighted by molar-refractivity contribution is 6.01. The van der Waals surface area contributed by atoms with Gasteiger partial charge >= 0.3 is 6.18 Å². The predicted octanol–water partition coefficient (Wildman–Crippen LogP) is 6.06. The molecule has 180 valence electrons. The quantitative estimate of drug-likeness (QED) is 0.314. The van der Waals surface area contributed by atoms with Crippen LogP contribution < -0.4 is 10.6 Å². The van der Waals surface area contributed by atoms with Crippen molar-refractivity contribution in [1.82, 2.24) is 19.8 Å². The van der Waals surface area contributed by atoms with E-state index in [4.69, 9.17) is 0 Å². The Balaban J connectivity index is 1.46. The molecule has 1 amide bonds. The largest absolute Gasteiger partial charge is 0.417 e. The van der Waals surface area contributed by atoms with Crippen LogP contribution in [0.1, 0.15) is 18.4 Å². The summed E-state index contributed by atoms with van der Waals surface area (Å²) in [6.07, 6.45) is -2.76. The fourth-order valence-corrected chi connectivity index (χ4v) is 4.17. The van der Waals surface area contributed by atoms with Gasteiger partial charge in [0.25, 0.3) is 0 Å². The van der Waals surface area contributed by atoms with Crippen molar-refractivity contribution < 1.29 is 18.0 Å². The highest BCUT2D eigenvalue weighted by Gasteiger charge is 2.35. The first-order valence-electron chi connectivity index (χ1n) is 11.4. The molecule has 5 aromatic rings. The molecule has 2 aromatic heterocycles. The van der Waals surface area contributed by atoms with Gasteiger partial charge < -0.3 is 10.6 Å². The van der Waals surface area contributed by atoms with Crippen molar-refractivity contribution in [3.8, 4) is 11.4 Å². The number of carbonyl (C=O) groups is 1. The molecule has 0 unspecified atom stereocenters. The monoisotopic (exact) mass is 488 g/mol. The van der Waals surface area contributed by atoms with Crippen molar-refractivity contribution in [3.63, 3.8) is 0 Å². The molecule has 0 atom stereocenters. The number of benzene rings is 3. The molecule has 0 radical (unpaired) electrons. The number of nitrogens with one attached hydrogen (secondary N) is 2. The summed E-state index contributed by atoms with van der Waals surface area (Å²) in [7, 11) is 0. The van der Waals surface area contributed by atoms with Crippen molar-refractivity contribution in [3.05, 3.63) is 78.4 Å². The summed E-state index contributed by atoms with van der Waals surface area (Å²) >= 11 is 0. The first-order valence-corrected chi connectivity index (χ1v) is 11.4. The molecule has 36 heavy (non-hydrogen) atoms. The lowest BCUT2D eigenvalue weighted by Gasteiger charge is -2.13. The van der Waals surface area contributed by atoms with Crippen LogP contribution in [0.2, 0.25) is 0 Å². The van der Waals surface area contributed by atoms with E-state index in [0.717, 1.165) is 24.3 Å². The zero-order valence-corrected chi connectivity index (χ0v) is 18.8. The number of fused-ring (bicyclic) bond motifs is 3. The minimum Gasteiger partial charge on any atom is -0.338 e. The Bertz CT molecular complexity index is 1620. The minimum atomic E-state index is -4.56. The van der Waals surface area contributed by atoms with Crippen LogP contribution >= 0.6 is 0 Å². The van der Waals surface area contributed by atoms with Gasteiger partial charge in [-0.05, 0) is 37.1 Å². The van der Waals surface area contributed by atoms with Gasteiger partial charge in [-0.25, -0.2) is 0 Å². The van der Waals surface area contributed by atoms with Gasteiger partial charge in [-0.2, -0.15) is 17.7 Å². The van der Waals surface area contributed by atoms with Crippen LogP contribution in [0.5, 0.6) is 0 Å². The van der Waals surface area contributed by atoms with E-state index in [9.17, 15) is 18.0 Å². The summed E-state index contributed by atoms with van der Waals surface area (Å²) in [5.74, 6) is 0.461. The molecule has 1 saturated carbocycles. The third kappa shape index (κ3) is 4.00. The number of anilines is 3. The Morgan fingerprint density at radius 1 is 0.889 bits per heavy atom. The fraction of sp³-hybridized carbons (Fsp3) is 0.154. The highest BCUT2D eigenvalue weighted by Crippen LogP contribution is 2.37. The van der Waals surface area contributed by atoms with Crippen molar-refractivity contribution in [2.75, 3.05) is 10.6 Å². The molecule has 2 heterocycles. The number of alkyl halides is 3. The Kier molecular flexibility index (Phi) is 5.10. The van der Waals surface area contributed by atoms with E-state index < -0.39 is 11.7 Å². The van der Waals surface area contributed by atoms with Crippen LogP contribution in [-0.2, 0) is 11.0 Å². The maximum Gasteiger partial charge on any atom is 0.417 e. The second kappa shape index (κ2) is 8.33. The molecule has 3 aromatic carbocycles. The second-order valence-corrected chi connectivity index (χ2v) is 8.67. The number of hydrogen-bond donors (Lipinski definition) is 2. The molecule has 10 heteroatoms. The van der Waals surface area contributed by atoms with Crippen LogP contribution in [0.15, 0.2) is 72.8 Å². The van der Waals surface area contributed by atoms with Gasteiger partial charge in [-0.3, -0.25) is 4.79 Å². The average molecular weight is 488 g/mol. The molecule has 2 N–H and O–H groups in total. The lowest BCUT2D eigenvalue weighted by Crippen LogP contribution is -2.13. The van der Waals surface area contributed by atoms with Gasteiger partial charge in [0, 0.05) is 33.6 Å².